The predicted molar refractivity (Wildman–Crippen MR) is 32.5 cm³/mol. The van der Waals surface area contributed by atoms with Gasteiger partial charge in [0.05, 0.1) is 6.10 Å². The van der Waals surface area contributed by atoms with E-state index in [4.69, 9.17) is 14.6 Å². The van der Waals surface area contributed by atoms with Crippen LogP contribution in [0.25, 0.3) is 0 Å². The van der Waals surface area contributed by atoms with E-state index in [1.807, 2.05) is 6.92 Å². The van der Waals surface area contributed by atoms with Crippen molar-refractivity contribution in [1.29, 1.82) is 0 Å². The molecule has 58 valence electrons. The van der Waals surface area contributed by atoms with Gasteiger partial charge in [-0.25, -0.2) is 4.79 Å². The Bertz CT molecular complexity index is 134. The summed E-state index contributed by atoms with van der Waals surface area (Å²) in [5, 5.41) is 8.48. The second-order valence-electron chi connectivity index (χ2n) is 2.32. The Morgan fingerprint density at radius 2 is 2.30 bits per heavy atom. The van der Waals surface area contributed by atoms with Crippen molar-refractivity contribution in [2.45, 2.75) is 25.6 Å². The van der Waals surface area contributed by atoms with Crippen molar-refractivity contribution in [1.82, 2.24) is 0 Å². The molecule has 4 nitrogen and oxygen atoms in total. The van der Waals surface area contributed by atoms with Crippen LogP contribution in [-0.4, -0.2) is 30.1 Å². The summed E-state index contributed by atoms with van der Waals surface area (Å²) in [6.45, 7) is 1.93. The number of aliphatic carboxylic acids is 1. The summed E-state index contributed by atoms with van der Waals surface area (Å²) in [6.07, 6.45) is -0.242. The maximum Gasteiger partial charge on any atom is 0.333 e. The molecule has 1 saturated heterocycles. The van der Waals surface area contributed by atoms with Crippen molar-refractivity contribution in [2.24, 2.45) is 0 Å². The molecule has 1 aliphatic heterocycles. The largest absolute Gasteiger partial charge is 0.479 e. The number of hydrogen-bond acceptors (Lipinski definition) is 3. The van der Waals surface area contributed by atoms with Crippen molar-refractivity contribution >= 4 is 5.97 Å². The van der Waals surface area contributed by atoms with Gasteiger partial charge in [-0.2, -0.15) is 0 Å². The van der Waals surface area contributed by atoms with E-state index in [1.54, 1.807) is 0 Å². The Kier molecular flexibility index (Phi) is 2.24. The van der Waals surface area contributed by atoms with Crippen molar-refractivity contribution in [3.05, 3.63) is 0 Å². The molecule has 1 fully saturated rings. The number of rotatable bonds is 1. The van der Waals surface area contributed by atoms with E-state index in [1.165, 1.54) is 0 Å². The quantitative estimate of drug-likeness (QED) is 0.575. The van der Waals surface area contributed by atoms with Crippen LogP contribution >= 0.6 is 0 Å². The minimum atomic E-state index is -0.907. The van der Waals surface area contributed by atoms with Crippen molar-refractivity contribution in [3.63, 3.8) is 0 Å². The summed E-state index contributed by atoms with van der Waals surface area (Å²) in [7, 11) is 0. The Hall–Kier alpha value is -0.610. The molecule has 1 heterocycles. The topological polar surface area (TPSA) is 55.8 Å². The van der Waals surface area contributed by atoms with Gasteiger partial charge in [-0.1, -0.05) is 0 Å². The highest BCUT2D eigenvalue weighted by atomic mass is 16.7. The smallest absolute Gasteiger partial charge is 0.333 e. The van der Waals surface area contributed by atoms with E-state index >= 15 is 0 Å². The monoisotopic (exact) mass is 146 g/mol. The number of hydrogen-bond donors (Lipinski definition) is 1. The van der Waals surface area contributed by atoms with E-state index < -0.39 is 12.1 Å². The van der Waals surface area contributed by atoms with E-state index in [0.717, 1.165) is 0 Å². The molecule has 0 spiro atoms. The second-order valence-corrected chi connectivity index (χ2v) is 2.32. The fourth-order valence-corrected chi connectivity index (χ4v) is 0.847. The van der Waals surface area contributed by atoms with Crippen molar-refractivity contribution < 1.29 is 19.4 Å². The van der Waals surface area contributed by atoms with Gasteiger partial charge in [-0.05, 0) is 6.92 Å². The molecule has 1 N–H and O–H groups in total. The van der Waals surface area contributed by atoms with Gasteiger partial charge in [0.25, 0.3) is 0 Å². The number of carboxylic acid groups (broad SMARTS) is 1. The fraction of sp³-hybridized carbons (Fsp3) is 0.833. The highest BCUT2D eigenvalue weighted by Gasteiger charge is 2.25. The summed E-state index contributed by atoms with van der Waals surface area (Å²) in [4.78, 5) is 10.3. The van der Waals surface area contributed by atoms with Crippen LogP contribution in [0.2, 0.25) is 0 Å². The highest BCUT2D eigenvalue weighted by Crippen LogP contribution is 2.12. The third-order valence-electron chi connectivity index (χ3n) is 1.44. The lowest BCUT2D eigenvalue weighted by molar-refractivity contribution is -0.191. The van der Waals surface area contributed by atoms with Crippen molar-refractivity contribution in [2.75, 3.05) is 6.79 Å². The summed E-state index contributed by atoms with van der Waals surface area (Å²) < 4.78 is 9.76. The lowest BCUT2D eigenvalue weighted by Gasteiger charge is -2.24. The Morgan fingerprint density at radius 3 is 2.70 bits per heavy atom. The molecule has 0 aliphatic carbocycles. The first-order valence-electron chi connectivity index (χ1n) is 3.16. The first-order valence-corrected chi connectivity index (χ1v) is 3.16. The molecule has 10 heavy (non-hydrogen) atoms. The molecule has 0 unspecified atom stereocenters. The summed E-state index contributed by atoms with van der Waals surface area (Å²) in [6, 6.07) is 0. The van der Waals surface area contributed by atoms with Crippen LogP contribution in [-0.2, 0) is 14.3 Å². The number of carboxylic acids is 1. The Balaban J connectivity index is 2.39. The van der Waals surface area contributed by atoms with Gasteiger partial charge in [0, 0.05) is 6.42 Å². The van der Waals surface area contributed by atoms with Crippen molar-refractivity contribution in [3.8, 4) is 0 Å². The fourth-order valence-electron chi connectivity index (χ4n) is 0.847. The maximum absolute atomic E-state index is 10.3. The van der Waals surface area contributed by atoms with Crippen LogP contribution in [0.15, 0.2) is 0 Å². The average molecular weight is 146 g/mol. The van der Waals surface area contributed by atoms with Crippen LogP contribution in [0.3, 0.4) is 0 Å². The van der Waals surface area contributed by atoms with Crippen LogP contribution in [0.4, 0.5) is 0 Å². The lowest BCUT2D eigenvalue weighted by Crippen LogP contribution is -2.35. The van der Waals surface area contributed by atoms with Gasteiger partial charge in [0.15, 0.2) is 6.10 Å². The predicted octanol–water partition coefficient (Wildman–Crippen LogP) is 0.223. The minimum absolute atomic E-state index is 0.00477. The van der Waals surface area contributed by atoms with Gasteiger partial charge in [0.1, 0.15) is 6.79 Å². The molecular weight excluding hydrogens is 136 g/mol. The zero-order valence-corrected chi connectivity index (χ0v) is 5.74. The van der Waals surface area contributed by atoms with Gasteiger partial charge in [-0.3, -0.25) is 0 Å². The zero-order valence-electron chi connectivity index (χ0n) is 5.74. The first kappa shape index (κ1) is 7.50. The molecule has 0 aromatic carbocycles. The summed E-state index contributed by atoms with van der Waals surface area (Å²) in [5.41, 5.74) is 0. The van der Waals surface area contributed by atoms with Gasteiger partial charge < -0.3 is 14.6 Å². The molecular formula is C6H10O4. The standard InChI is InChI=1S/C6H10O4/c1-4-2-5(6(7)8)10-3-9-4/h4-5H,2-3H2,1H3,(H,7,8)/t4-,5-/m1/s1. The van der Waals surface area contributed by atoms with E-state index in [2.05, 4.69) is 0 Å². The molecule has 0 aromatic rings. The lowest BCUT2D eigenvalue weighted by atomic mass is 10.1. The van der Waals surface area contributed by atoms with Crippen LogP contribution in [0.5, 0.6) is 0 Å². The average Bonchev–Trinajstić information content (AvgIpc) is 1.88. The van der Waals surface area contributed by atoms with E-state index in [0.29, 0.717) is 6.42 Å². The molecule has 1 aliphatic rings. The Labute approximate surface area is 58.7 Å². The van der Waals surface area contributed by atoms with Crippen LogP contribution < -0.4 is 0 Å². The third-order valence-corrected chi connectivity index (χ3v) is 1.44. The number of carbonyl (C=O) groups is 1. The minimum Gasteiger partial charge on any atom is -0.479 e. The maximum atomic E-state index is 10.3. The molecule has 0 aromatic heterocycles. The third kappa shape index (κ3) is 1.68. The molecule has 1 rings (SSSR count). The van der Waals surface area contributed by atoms with Gasteiger partial charge in [-0.15, -0.1) is 0 Å². The number of ether oxygens (including phenoxy) is 2. The molecule has 0 radical (unpaired) electrons. The van der Waals surface area contributed by atoms with E-state index in [9.17, 15) is 4.79 Å². The molecule has 0 amide bonds. The molecule has 2 atom stereocenters. The summed E-state index contributed by atoms with van der Waals surface area (Å²) in [5.74, 6) is -0.907. The highest BCUT2D eigenvalue weighted by molar-refractivity contribution is 5.72. The SMILES string of the molecule is C[C@@H]1C[C@H](C(=O)O)OCO1. The Morgan fingerprint density at radius 1 is 1.60 bits per heavy atom. The van der Waals surface area contributed by atoms with E-state index in [-0.39, 0.29) is 12.9 Å². The van der Waals surface area contributed by atoms with Gasteiger partial charge in [0.2, 0.25) is 0 Å². The first-order chi connectivity index (χ1) is 4.70. The molecule has 4 heteroatoms. The normalized spacial score (nSPS) is 33.7. The molecule has 0 saturated carbocycles. The second kappa shape index (κ2) is 2.98. The van der Waals surface area contributed by atoms with Crippen LogP contribution in [0, 0.1) is 0 Å². The zero-order chi connectivity index (χ0) is 7.56. The van der Waals surface area contributed by atoms with Gasteiger partial charge >= 0.3 is 5.97 Å². The summed E-state index contributed by atoms with van der Waals surface area (Å²) >= 11 is 0. The van der Waals surface area contributed by atoms with Crippen LogP contribution in [0.1, 0.15) is 13.3 Å². The molecule has 0 bridgehead atoms.